The van der Waals surface area contributed by atoms with Gasteiger partial charge in [0.1, 0.15) is 0 Å². The molecule has 0 unspecified atom stereocenters. The SMILES string of the molecule is CCCc1nc(N2CCC(C)CC2)sc1CC(=O)O. The zero-order valence-electron chi connectivity index (χ0n) is 11.7. The van der Waals surface area contributed by atoms with Gasteiger partial charge in [0.15, 0.2) is 5.13 Å². The lowest BCUT2D eigenvalue weighted by atomic mass is 10.00. The number of rotatable bonds is 5. The van der Waals surface area contributed by atoms with Crippen molar-refractivity contribution in [1.29, 1.82) is 0 Å². The summed E-state index contributed by atoms with van der Waals surface area (Å²) in [6, 6.07) is 0. The summed E-state index contributed by atoms with van der Waals surface area (Å²) in [6.45, 7) is 6.49. The molecule has 2 rings (SSSR count). The highest BCUT2D eigenvalue weighted by Crippen LogP contribution is 2.30. The normalized spacial score (nSPS) is 16.8. The number of thiazole rings is 1. The fourth-order valence-corrected chi connectivity index (χ4v) is 3.56. The average molecular weight is 282 g/mol. The average Bonchev–Trinajstić information content (AvgIpc) is 2.73. The van der Waals surface area contributed by atoms with Gasteiger partial charge in [-0.25, -0.2) is 4.98 Å². The molecule has 1 aliphatic rings. The first-order chi connectivity index (χ1) is 9.10. The highest BCUT2D eigenvalue weighted by atomic mass is 32.1. The molecule has 1 aromatic heterocycles. The Morgan fingerprint density at radius 1 is 1.47 bits per heavy atom. The lowest BCUT2D eigenvalue weighted by molar-refractivity contribution is -0.136. The molecular formula is C14H22N2O2S. The molecule has 0 aromatic carbocycles. The summed E-state index contributed by atoms with van der Waals surface area (Å²) in [5.74, 6) is 0.0321. The van der Waals surface area contributed by atoms with Crippen LogP contribution in [0.3, 0.4) is 0 Å². The van der Waals surface area contributed by atoms with Crippen molar-refractivity contribution in [2.24, 2.45) is 5.92 Å². The van der Waals surface area contributed by atoms with Crippen molar-refractivity contribution in [2.75, 3.05) is 18.0 Å². The van der Waals surface area contributed by atoms with E-state index in [1.54, 1.807) is 11.3 Å². The second-order valence-electron chi connectivity index (χ2n) is 5.36. The Hall–Kier alpha value is -1.10. The molecule has 5 heteroatoms. The highest BCUT2D eigenvalue weighted by molar-refractivity contribution is 7.15. The van der Waals surface area contributed by atoms with Crippen LogP contribution in [-0.4, -0.2) is 29.1 Å². The van der Waals surface area contributed by atoms with E-state index in [0.717, 1.165) is 47.6 Å². The van der Waals surface area contributed by atoms with E-state index in [1.165, 1.54) is 12.8 Å². The molecule has 4 nitrogen and oxygen atoms in total. The quantitative estimate of drug-likeness (QED) is 0.902. The summed E-state index contributed by atoms with van der Waals surface area (Å²) < 4.78 is 0. The fourth-order valence-electron chi connectivity index (χ4n) is 2.41. The maximum atomic E-state index is 10.9. The van der Waals surface area contributed by atoms with Gasteiger partial charge in [-0.2, -0.15) is 0 Å². The van der Waals surface area contributed by atoms with Crippen LogP contribution in [0.4, 0.5) is 5.13 Å². The van der Waals surface area contributed by atoms with Crippen molar-refractivity contribution in [2.45, 2.75) is 46.0 Å². The first kappa shape index (κ1) is 14.3. The topological polar surface area (TPSA) is 53.4 Å². The van der Waals surface area contributed by atoms with E-state index in [2.05, 4.69) is 23.7 Å². The predicted molar refractivity (Wildman–Crippen MR) is 78.1 cm³/mol. The van der Waals surface area contributed by atoms with Gasteiger partial charge in [-0.1, -0.05) is 20.3 Å². The third kappa shape index (κ3) is 3.69. The second kappa shape index (κ2) is 6.37. The number of hydrogen-bond donors (Lipinski definition) is 1. The molecular weight excluding hydrogens is 260 g/mol. The maximum Gasteiger partial charge on any atom is 0.308 e. The number of aromatic nitrogens is 1. The molecule has 1 fully saturated rings. The Kier molecular flexibility index (Phi) is 4.80. The maximum absolute atomic E-state index is 10.9. The van der Waals surface area contributed by atoms with Crippen molar-refractivity contribution in [3.63, 3.8) is 0 Å². The zero-order valence-corrected chi connectivity index (χ0v) is 12.5. The van der Waals surface area contributed by atoms with Crippen molar-refractivity contribution >= 4 is 22.4 Å². The van der Waals surface area contributed by atoms with E-state index in [9.17, 15) is 4.79 Å². The van der Waals surface area contributed by atoms with Crippen molar-refractivity contribution in [3.8, 4) is 0 Å². The molecule has 0 amide bonds. The number of carbonyl (C=O) groups is 1. The van der Waals surface area contributed by atoms with Crippen LogP contribution < -0.4 is 4.90 Å². The monoisotopic (exact) mass is 282 g/mol. The first-order valence-corrected chi connectivity index (χ1v) is 7.87. The van der Waals surface area contributed by atoms with Gasteiger partial charge in [-0.05, 0) is 25.2 Å². The van der Waals surface area contributed by atoms with Gasteiger partial charge in [0.2, 0.25) is 0 Å². The van der Waals surface area contributed by atoms with Crippen LogP contribution >= 0.6 is 11.3 Å². The minimum absolute atomic E-state index is 0.108. The smallest absolute Gasteiger partial charge is 0.308 e. The van der Waals surface area contributed by atoms with E-state index in [-0.39, 0.29) is 6.42 Å². The van der Waals surface area contributed by atoms with Crippen LogP contribution in [0.5, 0.6) is 0 Å². The molecule has 106 valence electrons. The Balaban J connectivity index is 2.14. The minimum atomic E-state index is -0.764. The van der Waals surface area contributed by atoms with Crippen LogP contribution in [0.1, 0.15) is 43.7 Å². The van der Waals surface area contributed by atoms with E-state index in [1.807, 2.05) is 0 Å². The lowest BCUT2D eigenvalue weighted by Gasteiger charge is -2.29. The summed E-state index contributed by atoms with van der Waals surface area (Å²) >= 11 is 1.57. The Morgan fingerprint density at radius 3 is 2.74 bits per heavy atom. The minimum Gasteiger partial charge on any atom is -0.481 e. The second-order valence-corrected chi connectivity index (χ2v) is 6.42. The van der Waals surface area contributed by atoms with Gasteiger partial charge in [-0.3, -0.25) is 4.79 Å². The van der Waals surface area contributed by atoms with Gasteiger partial charge < -0.3 is 10.0 Å². The van der Waals surface area contributed by atoms with Crippen LogP contribution in [0.2, 0.25) is 0 Å². The fraction of sp³-hybridized carbons (Fsp3) is 0.714. The molecule has 0 radical (unpaired) electrons. The first-order valence-electron chi connectivity index (χ1n) is 7.05. The van der Waals surface area contributed by atoms with Gasteiger partial charge in [0.25, 0.3) is 0 Å². The molecule has 1 N–H and O–H groups in total. The summed E-state index contributed by atoms with van der Waals surface area (Å²) in [5, 5.41) is 10.00. The number of piperidine rings is 1. The lowest BCUT2D eigenvalue weighted by Crippen LogP contribution is -2.32. The van der Waals surface area contributed by atoms with Crippen molar-refractivity contribution in [1.82, 2.24) is 4.98 Å². The number of nitrogens with zero attached hydrogens (tertiary/aromatic N) is 2. The molecule has 0 atom stereocenters. The predicted octanol–water partition coefficient (Wildman–Crippen LogP) is 2.96. The van der Waals surface area contributed by atoms with E-state index < -0.39 is 5.97 Å². The molecule has 0 spiro atoms. The molecule has 1 saturated heterocycles. The molecule has 0 bridgehead atoms. The van der Waals surface area contributed by atoms with E-state index >= 15 is 0 Å². The Labute approximate surface area is 118 Å². The van der Waals surface area contributed by atoms with Crippen LogP contribution in [0.15, 0.2) is 0 Å². The van der Waals surface area contributed by atoms with Gasteiger partial charge in [0, 0.05) is 18.0 Å². The highest BCUT2D eigenvalue weighted by Gasteiger charge is 2.21. The molecule has 0 saturated carbocycles. The number of hydrogen-bond acceptors (Lipinski definition) is 4. The van der Waals surface area contributed by atoms with Gasteiger partial charge >= 0.3 is 5.97 Å². The summed E-state index contributed by atoms with van der Waals surface area (Å²) in [4.78, 5) is 18.8. The van der Waals surface area contributed by atoms with Crippen molar-refractivity contribution in [3.05, 3.63) is 10.6 Å². The number of carboxylic acids is 1. The number of aryl methyl sites for hydroxylation is 1. The third-order valence-corrected chi connectivity index (χ3v) is 4.78. The number of anilines is 1. The molecule has 1 aliphatic heterocycles. The van der Waals surface area contributed by atoms with Gasteiger partial charge in [-0.15, -0.1) is 11.3 Å². The third-order valence-electron chi connectivity index (χ3n) is 3.62. The molecule has 2 heterocycles. The van der Waals surface area contributed by atoms with Gasteiger partial charge in [0.05, 0.1) is 12.1 Å². The van der Waals surface area contributed by atoms with E-state index in [0.29, 0.717) is 0 Å². The van der Waals surface area contributed by atoms with Crippen LogP contribution in [0.25, 0.3) is 0 Å². The zero-order chi connectivity index (χ0) is 13.8. The number of aliphatic carboxylic acids is 1. The van der Waals surface area contributed by atoms with E-state index in [4.69, 9.17) is 5.11 Å². The van der Waals surface area contributed by atoms with Crippen molar-refractivity contribution < 1.29 is 9.90 Å². The van der Waals surface area contributed by atoms with Crippen LogP contribution in [-0.2, 0) is 17.6 Å². The summed E-state index contributed by atoms with van der Waals surface area (Å²) in [5.41, 5.74) is 0.989. The molecule has 19 heavy (non-hydrogen) atoms. The standard InChI is InChI=1S/C14H22N2O2S/c1-3-4-11-12(9-13(17)18)19-14(15-11)16-7-5-10(2)6-8-16/h10H,3-9H2,1-2H3,(H,17,18). The largest absolute Gasteiger partial charge is 0.481 e. The molecule has 0 aliphatic carbocycles. The Bertz CT molecular complexity index is 437. The summed E-state index contributed by atoms with van der Waals surface area (Å²) in [7, 11) is 0. The summed E-state index contributed by atoms with van der Waals surface area (Å²) in [6.07, 6.45) is 4.40. The van der Waals surface area contributed by atoms with Crippen LogP contribution in [0, 0.1) is 5.92 Å². The molecule has 1 aromatic rings. The number of carboxylic acid groups (broad SMARTS) is 1. The Morgan fingerprint density at radius 2 is 2.16 bits per heavy atom.